The maximum atomic E-state index is 11.6. The van der Waals surface area contributed by atoms with Gasteiger partial charge < -0.3 is 14.7 Å². The first-order valence-corrected chi connectivity index (χ1v) is 6.67. The Morgan fingerprint density at radius 2 is 2.00 bits per heavy atom. The number of carbonyl (C=O) groups is 2. The van der Waals surface area contributed by atoms with Crippen molar-refractivity contribution in [2.24, 2.45) is 5.41 Å². The summed E-state index contributed by atoms with van der Waals surface area (Å²) in [5, 5.41) is 9.01. The third kappa shape index (κ3) is 3.10. The van der Waals surface area contributed by atoms with Crippen molar-refractivity contribution >= 4 is 17.6 Å². The Morgan fingerprint density at radius 3 is 2.50 bits per heavy atom. The molecule has 0 atom stereocenters. The second-order valence-electron chi connectivity index (χ2n) is 5.62. The largest absolute Gasteiger partial charge is 0.492 e. The lowest BCUT2D eigenvalue weighted by molar-refractivity contribution is -0.148. The van der Waals surface area contributed by atoms with Crippen LogP contribution in [-0.4, -0.2) is 30.1 Å². The number of benzene rings is 1. The van der Waals surface area contributed by atoms with Crippen molar-refractivity contribution in [2.75, 3.05) is 18.1 Å². The summed E-state index contributed by atoms with van der Waals surface area (Å²) in [7, 11) is 0. The third-order valence-corrected chi connectivity index (χ3v) is 3.40. The van der Waals surface area contributed by atoms with Crippen LogP contribution in [0.3, 0.4) is 0 Å². The minimum atomic E-state index is -0.927. The van der Waals surface area contributed by atoms with Crippen molar-refractivity contribution in [3.8, 4) is 5.75 Å². The number of hydrogen-bond acceptors (Lipinski definition) is 3. The first-order valence-electron chi connectivity index (χ1n) is 6.67. The Hall–Kier alpha value is -2.04. The predicted molar refractivity (Wildman–Crippen MR) is 74.9 cm³/mol. The number of aliphatic carboxylic acids is 1. The third-order valence-electron chi connectivity index (χ3n) is 3.40. The smallest absolute Gasteiger partial charge is 0.312 e. The number of carboxylic acids is 1. The highest BCUT2D eigenvalue weighted by Crippen LogP contribution is 2.25. The van der Waals surface area contributed by atoms with Gasteiger partial charge in [0.15, 0.2) is 0 Å². The normalized spacial score (nSPS) is 15.5. The van der Waals surface area contributed by atoms with Crippen molar-refractivity contribution in [1.82, 2.24) is 0 Å². The monoisotopic (exact) mass is 277 g/mol. The van der Waals surface area contributed by atoms with Crippen LogP contribution in [-0.2, 0) is 9.59 Å². The molecule has 1 amide bonds. The highest BCUT2D eigenvalue weighted by atomic mass is 16.5. The minimum Gasteiger partial charge on any atom is -0.492 e. The zero-order chi connectivity index (χ0) is 14.8. The number of hydrogen-bond donors (Lipinski definition) is 1. The predicted octanol–water partition coefficient (Wildman–Crippen LogP) is 2.30. The van der Waals surface area contributed by atoms with Crippen molar-refractivity contribution in [2.45, 2.75) is 26.7 Å². The van der Waals surface area contributed by atoms with Gasteiger partial charge in [-0.15, -0.1) is 0 Å². The molecular formula is C15H19NO4. The molecule has 1 aliphatic heterocycles. The zero-order valence-corrected chi connectivity index (χ0v) is 11.8. The van der Waals surface area contributed by atoms with Gasteiger partial charge >= 0.3 is 5.97 Å². The highest BCUT2D eigenvalue weighted by molar-refractivity contribution is 5.95. The number of amides is 1. The molecule has 1 saturated heterocycles. The van der Waals surface area contributed by atoms with Crippen LogP contribution in [0.1, 0.15) is 26.7 Å². The van der Waals surface area contributed by atoms with E-state index in [4.69, 9.17) is 9.84 Å². The molecule has 1 aliphatic rings. The maximum Gasteiger partial charge on any atom is 0.312 e. The lowest BCUT2D eigenvalue weighted by Gasteiger charge is -2.20. The number of nitrogens with zero attached hydrogens (tertiary/aromatic N) is 1. The molecule has 1 heterocycles. The molecular weight excluding hydrogens is 258 g/mol. The van der Waals surface area contributed by atoms with E-state index >= 15 is 0 Å². The molecule has 1 aromatic rings. The van der Waals surface area contributed by atoms with Gasteiger partial charge in [0.1, 0.15) is 12.4 Å². The summed E-state index contributed by atoms with van der Waals surface area (Å²) in [5.74, 6) is -0.141. The van der Waals surface area contributed by atoms with Gasteiger partial charge in [0.2, 0.25) is 5.91 Å². The average Bonchev–Trinajstić information content (AvgIpc) is 2.83. The summed E-state index contributed by atoms with van der Waals surface area (Å²) in [5.41, 5.74) is -0.0683. The fraction of sp³-hybridized carbons (Fsp3) is 0.467. The Balaban J connectivity index is 1.98. The summed E-state index contributed by atoms with van der Waals surface area (Å²) < 4.78 is 5.49. The van der Waals surface area contributed by atoms with Crippen LogP contribution in [0.5, 0.6) is 5.75 Å². The van der Waals surface area contributed by atoms with Gasteiger partial charge in [-0.25, -0.2) is 0 Å². The molecule has 0 spiro atoms. The van der Waals surface area contributed by atoms with Crippen LogP contribution in [0.15, 0.2) is 24.3 Å². The van der Waals surface area contributed by atoms with Crippen LogP contribution in [0.4, 0.5) is 5.69 Å². The second kappa shape index (κ2) is 5.53. The highest BCUT2D eigenvalue weighted by Gasteiger charge is 2.28. The molecule has 1 N–H and O–H groups in total. The molecule has 20 heavy (non-hydrogen) atoms. The first-order chi connectivity index (χ1) is 9.40. The van der Waals surface area contributed by atoms with Gasteiger partial charge in [0.05, 0.1) is 5.41 Å². The Labute approximate surface area is 118 Å². The molecule has 0 aliphatic carbocycles. The number of anilines is 1. The van der Waals surface area contributed by atoms with Gasteiger partial charge in [0, 0.05) is 18.7 Å². The number of ether oxygens (including phenoxy) is 1. The topological polar surface area (TPSA) is 66.8 Å². The maximum absolute atomic E-state index is 11.6. The summed E-state index contributed by atoms with van der Waals surface area (Å²) in [6.07, 6.45) is 1.49. The fourth-order valence-corrected chi connectivity index (χ4v) is 1.97. The molecule has 0 unspecified atom stereocenters. The van der Waals surface area contributed by atoms with E-state index in [0.717, 1.165) is 18.7 Å². The Morgan fingerprint density at radius 1 is 1.35 bits per heavy atom. The van der Waals surface area contributed by atoms with Crippen molar-refractivity contribution in [3.63, 3.8) is 0 Å². The lowest BCUT2D eigenvalue weighted by Crippen LogP contribution is -2.30. The fourth-order valence-electron chi connectivity index (χ4n) is 1.97. The van der Waals surface area contributed by atoms with Gasteiger partial charge in [-0.05, 0) is 44.5 Å². The summed E-state index contributed by atoms with van der Waals surface area (Å²) in [6.45, 7) is 4.09. The zero-order valence-electron chi connectivity index (χ0n) is 11.8. The summed E-state index contributed by atoms with van der Waals surface area (Å²) >= 11 is 0. The lowest BCUT2D eigenvalue weighted by atomic mass is 9.95. The van der Waals surface area contributed by atoms with Gasteiger partial charge in [0.25, 0.3) is 0 Å². The summed E-state index contributed by atoms with van der Waals surface area (Å²) in [6, 6.07) is 7.18. The molecule has 1 fully saturated rings. The van der Waals surface area contributed by atoms with Crippen LogP contribution >= 0.6 is 0 Å². The van der Waals surface area contributed by atoms with Gasteiger partial charge in [-0.1, -0.05) is 0 Å². The molecule has 5 nitrogen and oxygen atoms in total. The molecule has 0 aromatic heterocycles. The van der Waals surface area contributed by atoms with E-state index in [1.807, 2.05) is 12.1 Å². The SMILES string of the molecule is CC(C)(COc1ccc(N2CCCC2=O)cc1)C(=O)O. The van der Waals surface area contributed by atoms with Crippen molar-refractivity contribution < 1.29 is 19.4 Å². The molecule has 108 valence electrons. The minimum absolute atomic E-state index is 0.102. The van der Waals surface area contributed by atoms with Gasteiger partial charge in [-0.3, -0.25) is 9.59 Å². The quantitative estimate of drug-likeness (QED) is 0.896. The number of rotatable bonds is 5. The number of carboxylic acid groups (broad SMARTS) is 1. The van der Waals surface area contributed by atoms with E-state index < -0.39 is 11.4 Å². The molecule has 5 heteroatoms. The van der Waals surface area contributed by atoms with E-state index in [-0.39, 0.29) is 12.5 Å². The van der Waals surface area contributed by atoms with Crippen LogP contribution in [0.2, 0.25) is 0 Å². The molecule has 0 bridgehead atoms. The van der Waals surface area contributed by atoms with E-state index in [0.29, 0.717) is 12.2 Å². The standard InChI is InChI=1S/C15H19NO4/c1-15(2,14(18)19)10-20-12-7-5-11(6-8-12)16-9-3-4-13(16)17/h5-8H,3-4,9-10H2,1-2H3,(H,18,19). The average molecular weight is 277 g/mol. The Kier molecular flexibility index (Phi) is 3.97. The van der Waals surface area contributed by atoms with Crippen LogP contribution in [0, 0.1) is 5.41 Å². The first kappa shape index (κ1) is 14.4. The Bertz CT molecular complexity index is 507. The summed E-state index contributed by atoms with van der Waals surface area (Å²) in [4.78, 5) is 24.4. The molecule has 0 saturated carbocycles. The van der Waals surface area contributed by atoms with Gasteiger partial charge in [-0.2, -0.15) is 0 Å². The van der Waals surface area contributed by atoms with E-state index in [2.05, 4.69) is 0 Å². The van der Waals surface area contributed by atoms with E-state index in [9.17, 15) is 9.59 Å². The van der Waals surface area contributed by atoms with Crippen LogP contribution in [0.25, 0.3) is 0 Å². The number of carbonyl (C=O) groups excluding carboxylic acids is 1. The molecule has 1 aromatic carbocycles. The molecule has 0 radical (unpaired) electrons. The second-order valence-corrected chi connectivity index (χ2v) is 5.62. The van der Waals surface area contributed by atoms with Crippen LogP contribution < -0.4 is 9.64 Å². The van der Waals surface area contributed by atoms with Crippen molar-refractivity contribution in [3.05, 3.63) is 24.3 Å². The van der Waals surface area contributed by atoms with E-state index in [1.54, 1.807) is 30.9 Å². The van der Waals surface area contributed by atoms with E-state index in [1.165, 1.54) is 0 Å². The molecule has 2 rings (SSSR count). The van der Waals surface area contributed by atoms with Crippen molar-refractivity contribution in [1.29, 1.82) is 0 Å².